The molecule has 1 saturated heterocycles. The van der Waals surface area contributed by atoms with Gasteiger partial charge in [0.2, 0.25) is 11.8 Å². The van der Waals surface area contributed by atoms with E-state index in [1.54, 1.807) is 25.2 Å². The molecule has 8 nitrogen and oxygen atoms in total. The lowest BCUT2D eigenvalue weighted by atomic mass is 10.1. The summed E-state index contributed by atoms with van der Waals surface area (Å²) in [5, 5.41) is 4.79. The van der Waals surface area contributed by atoms with Crippen molar-refractivity contribution in [3.63, 3.8) is 0 Å². The monoisotopic (exact) mass is 419 g/mol. The number of carbonyl (C=O) groups is 2. The number of anilines is 1. The molecule has 2 aromatic rings. The summed E-state index contributed by atoms with van der Waals surface area (Å²) in [6.07, 6.45) is 1.59. The summed E-state index contributed by atoms with van der Waals surface area (Å²) in [7, 11) is 4.79. The molecule has 1 fully saturated rings. The van der Waals surface area contributed by atoms with E-state index < -0.39 is 0 Å². The Balaban J connectivity index is 1.58. The van der Waals surface area contributed by atoms with Crippen LogP contribution in [0.2, 0.25) is 5.02 Å². The van der Waals surface area contributed by atoms with Crippen LogP contribution in [-0.2, 0) is 11.8 Å². The van der Waals surface area contributed by atoms with E-state index in [9.17, 15) is 9.59 Å². The normalized spacial score (nSPS) is 14.1. The number of rotatable bonds is 5. The standard InChI is InChI=1S/C20H26ClN5O3/c1-14-5-6-15(21)11-17(14)25-7-9-26(10-8-25)18(27)13-23(2)20(28)16-12-24(3)22-19(16)29-4/h5-6,11-12H,7-10,13H2,1-4H3. The van der Waals surface area contributed by atoms with E-state index in [-0.39, 0.29) is 24.2 Å². The number of ether oxygens (including phenoxy) is 1. The van der Waals surface area contributed by atoms with Crippen molar-refractivity contribution in [3.05, 3.63) is 40.5 Å². The van der Waals surface area contributed by atoms with Gasteiger partial charge in [0.1, 0.15) is 5.56 Å². The van der Waals surface area contributed by atoms with E-state index >= 15 is 0 Å². The number of carbonyl (C=O) groups excluding carboxylic acids is 2. The van der Waals surface area contributed by atoms with E-state index in [1.165, 1.54) is 16.7 Å². The first-order valence-electron chi connectivity index (χ1n) is 9.42. The summed E-state index contributed by atoms with van der Waals surface area (Å²) in [5.41, 5.74) is 2.59. The van der Waals surface area contributed by atoms with Gasteiger partial charge in [0.05, 0.1) is 13.7 Å². The van der Waals surface area contributed by atoms with Crippen molar-refractivity contribution in [2.75, 3.05) is 51.8 Å². The highest BCUT2D eigenvalue weighted by molar-refractivity contribution is 6.30. The number of likely N-dealkylation sites (N-methyl/N-ethyl adjacent to an activating group) is 1. The quantitative estimate of drug-likeness (QED) is 0.739. The Morgan fingerprint density at radius 2 is 1.93 bits per heavy atom. The summed E-state index contributed by atoms with van der Waals surface area (Å²) in [5.74, 6) is -0.120. The fourth-order valence-electron chi connectivity index (χ4n) is 3.47. The first-order chi connectivity index (χ1) is 13.8. The molecule has 1 aliphatic rings. The van der Waals surface area contributed by atoms with Gasteiger partial charge in [-0.15, -0.1) is 5.10 Å². The number of halogens is 1. The maximum atomic E-state index is 12.7. The molecule has 0 spiro atoms. The van der Waals surface area contributed by atoms with Gasteiger partial charge in [0.25, 0.3) is 5.91 Å². The second-order valence-electron chi connectivity index (χ2n) is 7.19. The van der Waals surface area contributed by atoms with Gasteiger partial charge in [-0.05, 0) is 24.6 Å². The van der Waals surface area contributed by atoms with Gasteiger partial charge in [-0.3, -0.25) is 14.3 Å². The molecule has 2 amide bonds. The highest BCUT2D eigenvalue weighted by Crippen LogP contribution is 2.25. The molecule has 2 heterocycles. The van der Waals surface area contributed by atoms with E-state index in [4.69, 9.17) is 16.3 Å². The summed E-state index contributed by atoms with van der Waals surface area (Å²) < 4.78 is 6.65. The van der Waals surface area contributed by atoms with Crippen molar-refractivity contribution in [2.24, 2.45) is 7.05 Å². The number of hydrogen-bond acceptors (Lipinski definition) is 5. The molecule has 3 rings (SSSR count). The zero-order valence-corrected chi connectivity index (χ0v) is 17.9. The Morgan fingerprint density at radius 1 is 1.24 bits per heavy atom. The Labute approximate surface area is 175 Å². The topological polar surface area (TPSA) is 70.9 Å². The summed E-state index contributed by atoms with van der Waals surface area (Å²) in [6, 6.07) is 5.84. The van der Waals surface area contributed by atoms with Crippen molar-refractivity contribution < 1.29 is 14.3 Å². The Hall–Kier alpha value is -2.74. The SMILES string of the molecule is COc1nn(C)cc1C(=O)N(C)CC(=O)N1CCN(c2cc(Cl)ccc2C)CC1. The fourth-order valence-corrected chi connectivity index (χ4v) is 3.63. The second kappa shape index (κ2) is 8.73. The van der Waals surface area contributed by atoms with Crippen molar-refractivity contribution in [1.82, 2.24) is 19.6 Å². The molecular formula is C20H26ClN5O3. The van der Waals surface area contributed by atoms with Crippen LogP contribution >= 0.6 is 11.6 Å². The molecule has 1 aliphatic heterocycles. The molecule has 0 bridgehead atoms. The van der Waals surface area contributed by atoms with Crippen LogP contribution < -0.4 is 9.64 Å². The number of aromatic nitrogens is 2. The van der Waals surface area contributed by atoms with E-state index in [0.29, 0.717) is 23.7 Å². The van der Waals surface area contributed by atoms with Crippen LogP contribution in [0.3, 0.4) is 0 Å². The Kier molecular flexibility index (Phi) is 6.32. The van der Waals surface area contributed by atoms with Gasteiger partial charge in [0.15, 0.2) is 0 Å². The van der Waals surface area contributed by atoms with Crippen LogP contribution in [-0.4, -0.2) is 78.3 Å². The third kappa shape index (κ3) is 4.64. The molecule has 0 N–H and O–H groups in total. The average molecular weight is 420 g/mol. The van der Waals surface area contributed by atoms with E-state index in [0.717, 1.165) is 24.3 Å². The maximum absolute atomic E-state index is 12.7. The van der Waals surface area contributed by atoms with Crippen LogP contribution in [0.5, 0.6) is 5.88 Å². The minimum atomic E-state index is -0.295. The number of nitrogens with zero attached hydrogens (tertiary/aromatic N) is 5. The number of aryl methyl sites for hydroxylation is 2. The van der Waals surface area contributed by atoms with Gasteiger partial charge in [-0.25, -0.2) is 0 Å². The summed E-state index contributed by atoms with van der Waals surface area (Å²) in [6.45, 7) is 4.71. The summed E-state index contributed by atoms with van der Waals surface area (Å²) in [4.78, 5) is 30.8. The number of benzene rings is 1. The lowest BCUT2D eigenvalue weighted by Gasteiger charge is -2.37. The average Bonchev–Trinajstić information content (AvgIpc) is 3.10. The highest BCUT2D eigenvalue weighted by Gasteiger charge is 2.26. The molecule has 1 aromatic heterocycles. The molecule has 0 unspecified atom stereocenters. The number of methoxy groups -OCH3 is 1. The Bertz CT molecular complexity index is 906. The Morgan fingerprint density at radius 3 is 2.59 bits per heavy atom. The highest BCUT2D eigenvalue weighted by atomic mass is 35.5. The van der Waals surface area contributed by atoms with Crippen LogP contribution in [0.25, 0.3) is 0 Å². The second-order valence-corrected chi connectivity index (χ2v) is 7.62. The number of piperazine rings is 1. The van der Waals surface area contributed by atoms with Crippen LogP contribution in [0.4, 0.5) is 5.69 Å². The number of amides is 2. The van der Waals surface area contributed by atoms with Gasteiger partial charge in [-0.1, -0.05) is 17.7 Å². The molecule has 29 heavy (non-hydrogen) atoms. The van der Waals surface area contributed by atoms with Gasteiger partial charge < -0.3 is 19.4 Å². The van der Waals surface area contributed by atoms with Crippen molar-refractivity contribution in [1.29, 1.82) is 0 Å². The molecule has 1 aromatic carbocycles. The molecule has 0 radical (unpaired) electrons. The fraction of sp³-hybridized carbons (Fsp3) is 0.450. The third-order valence-corrected chi connectivity index (χ3v) is 5.32. The minimum Gasteiger partial charge on any atom is -0.479 e. The zero-order chi connectivity index (χ0) is 21.1. The van der Waals surface area contributed by atoms with Gasteiger partial charge >= 0.3 is 0 Å². The molecule has 0 aliphatic carbocycles. The smallest absolute Gasteiger partial charge is 0.261 e. The van der Waals surface area contributed by atoms with Crippen LogP contribution in [0, 0.1) is 6.92 Å². The molecule has 156 valence electrons. The molecule has 9 heteroatoms. The third-order valence-electron chi connectivity index (χ3n) is 5.08. The van der Waals surface area contributed by atoms with Crippen LogP contribution in [0.1, 0.15) is 15.9 Å². The zero-order valence-electron chi connectivity index (χ0n) is 17.2. The largest absolute Gasteiger partial charge is 0.479 e. The summed E-state index contributed by atoms with van der Waals surface area (Å²) >= 11 is 6.13. The lowest BCUT2D eigenvalue weighted by Crippen LogP contribution is -2.51. The first-order valence-corrected chi connectivity index (χ1v) is 9.80. The maximum Gasteiger partial charge on any atom is 0.261 e. The lowest BCUT2D eigenvalue weighted by molar-refractivity contribution is -0.131. The van der Waals surface area contributed by atoms with E-state index in [1.807, 2.05) is 18.2 Å². The van der Waals surface area contributed by atoms with Crippen molar-refractivity contribution in [3.8, 4) is 5.88 Å². The van der Waals surface area contributed by atoms with Gasteiger partial charge in [0, 0.05) is 57.2 Å². The number of hydrogen-bond donors (Lipinski definition) is 0. The van der Waals surface area contributed by atoms with Gasteiger partial charge in [-0.2, -0.15) is 0 Å². The van der Waals surface area contributed by atoms with E-state index in [2.05, 4.69) is 16.9 Å². The molecular weight excluding hydrogens is 394 g/mol. The minimum absolute atomic E-state index is 0.00702. The predicted molar refractivity (Wildman–Crippen MR) is 112 cm³/mol. The first kappa shape index (κ1) is 21.0. The van der Waals surface area contributed by atoms with Crippen molar-refractivity contribution >= 4 is 29.1 Å². The van der Waals surface area contributed by atoms with Crippen molar-refractivity contribution in [2.45, 2.75) is 6.92 Å². The molecule has 0 atom stereocenters. The van der Waals surface area contributed by atoms with Crippen LogP contribution in [0.15, 0.2) is 24.4 Å². The predicted octanol–water partition coefficient (Wildman–Crippen LogP) is 1.81. The molecule has 0 saturated carbocycles.